The number of rotatable bonds is 1. The summed E-state index contributed by atoms with van der Waals surface area (Å²) in [6.45, 7) is 9.83. The van der Waals surface area contributed by atoms with Gasteiger partial charge >= 0.3 is 5.97 Å². The smallest absolute Gasteiger partial charge is 0.329 e. The van der Waals surface area contributed by atoms with Crippen molar-refractivity contribution in [1.82, 2.24) is 0 Å². The Bertz CT molecular complexity index is 486. The van der Waals surface area contributed by atoms with Gasteiger partial charge < -0.3 is 10.1 Å². The topological polar surface area (TPSA) is 38.3 Å². The first kappa shape index (κ1) is 12.9. The number of benzene rings is 1. The van der Waals surface area contributed by atoms with Gasteiger partial charge in [-0.15, -0.1) is 0 Å². The van der Waals surface area contributed by atoms with Crippen molar-refractivity contribution in [2.75, 3.05) is 5.32 Å². The Labute approximate surface area is 109 Å². The molecule has 0 bridgehead atoms. The van der Waals surface area contributed by atoms with E-state index in [1.807, 2.05) is 20.8 Å². The Balaban J connectivity index is 2.15. The predicted molar refractivity (Wildman–Crippen MR) is 72.9 cm³/mol. The van der Waals surface area contributed by atoms with E-state index in [4.69, 9.17) is 4.74 Å². The molecule has 0 aliphatic carbocycles. The van der Waals surface area contributed by atoms with Crippen LogP contribution in [-0.4, -0.2) is 17.6 Å². The van der Waals surface area contributed by atoms with Crippen LogP contribution in [0, 0.1) is 13.8 Å². The first-order valence-electron chi connectivity index (χ1n) is 6.36. The molecule has 0 fully saturated rings. The molecule has 0 saturated heterocycles. The van der Waals surface area contributed by atoms with Gasteiger partial charge in [-0.25, -0.2) is 4.79 Å². The number of hydrogen-bond acceptors (Lipinski definition) is 3. The molecule has 1 N–H and O–H groups in total. The number of fused-ring (bicyclic) bond motifs is 1. The van der Waals surface area contributed by atoms with Crippen molar-refractivity contribution in [2.45, 2.75) is 52.7 Å². The molecule has 0 unspecified atom stereocenters. The van der Waals surface area contributed by atoms with Gasteiger partial charge in [-0.2, -0.15) is 0 Å². The maximum atomic E-state index is 12.0. The van der Waals surface area contributed by atoms with E-state index in [9.17, 15) is 4.79 Å². The van der Waals surface area contributed by atoms with Crippen LogP contribution in [0.5, 0.6) is 0 Å². The average molecular weight is 247 g/mol. The van der Waals surface area contributed by atoms with Crippen LogP contribution >= 0.6 is 0 Å². The van der Waals surface area contributed by atoms with Gasteiger partial charge in [0, 0.05) is 12.1 Å². The summed E-state index contributed by atoms with van der Waals surface area (Å²) in [5.41, 5.74) is 4.32. The minimum absolute atomic E-state index is 0.171. The molecule has 3 heteroatoms. The molecule has 0 aromatic heterocycles. The maximum absolute atomic E-state index is 12.0. The molecule has 2 rings (SSSR count). The molecule has 1 atom stereocenters. The molecular weight excluding hydrogens is 226 g/mol. The van der Waals surface area contributed by atoms with Crippen molar-refractivity contribution in [3.05, 3.63) is 28.8 Å². The third-order valence-corrected chi connectivity index (χ3v) is 3.05. The van der Waals surface area contributed by atoms with Crippen LogP contribution in [0.25, 0.3) is 0 Å². The van der Waals surface area contributed by atoms with Crippen LogP contribution in [0.2, 0.25) is 0 Å². The van der Waals surface area contributed by atoms with Gasteiger partial charge in [0.2, 0.25) is 0 Å². The number of esters is 1. The molecule has 0 spiro atoms. The lowest BCUT2D eigenvalue weighted by Crippen LogP contribution is -2.35. The normalized spacial score (nSPS) is 18.2. The summed E-state index contributed by atoms with van der Waals surface area (Å²) in [4.78, 5) is 12.0. The lowest BCUT2D eigenvalue weighted by Gasteiger charge is -2.22. The molecule has 18 heavy (non-hydrogen) atoms. The van der Waals surface area contributed by atoms with Crippen molar-refractivity contribution < 1.29 is 9.53 Å². The summed E-state index contributed by atoms with van der Waals surface area (Å²) in [6, 6.07) is 3.99. The number of hydrogen-bond donors (Lipinski definition) is 1. The second kappa shape index (κ2) is 4.30. The molecule has 1 aromatic rings. The highest BCUT2D eigenvalue weighted by molar-refractivity contribution is 5.83. The van der Waals surface area contributed by atoms with Crippen LogP contribution in [0.15, 0.2) is 12.1 Å². The molecule has 1 aromatic carbocycles. The highest BCUT2D eigenvalue weighted by atomic mass is 16.6. The Kier molecular flexibility index (Phi) is 3.09. The van der Waals surface area contributed by atoms with Crippen molar-refractivity contribution in [3.63, 3.8) is 0 Å². The summed E-state index contributed by atoms with van der Waals surface area (Å²) < 4.78 is 5.42. The highest BCUT2D eigenvalue weighted by Gasteiger charge is 2.31. The van der Waals surface area contributed by atoms with Gasteiger partial charge in [0.05, 0.1) is 0 Å². The number of nitrogens with one attached hydrogen (secondary N) is 1. The van der Waals surface area contributed by atoms with E-state index in [0.717, 1.165) is 12.1 Å². The molecule has 0 radical (unpaired) electrons. The number of ether oxygens (including phenoxy) is 1. The van der Waals surface area contributed by atoms with Crippen molar-refractivity contribution in [1.29, 1.82) is 0 Å². The largest absolute Gasteiger partial charge is 0.458 e. The molecule has 1 aliphatic heterocycles. The van der Waals surface area contributed by atoms with E-state index < -0.39 is 5.60 Å². The second-order valence-electron chi connectivity index (χ2n) is 6.04. The number of carbonyl (C=O) groups excluding carboxylic acids is 1. The predicted octanol–water partition coefficient (Wildman–Crippen LogP) is 2.98. The van der Waals surface area contributed by atoms with Gasteiger partial charge in [0.1, 0.15) is 11.6 Å². The fourth-order valence-electron chi connectivity index (χ4n) is 2.36. The Morgan fingerprint density at radius 2 is 2.00 bits per heavy atom. The number of aryl methyl sites for hydroxylation is 2. The minimum Gasteiger partial charge on any atom is -0.458 e. The zero-order valence-electron chi connectivity index (χ0n) is 11.8. The maximum Gasteiger partial charge on any atom is 0.329 e. The third kappa shape index (κ3) is 2.66. The summed E-state index contributed by atoms with van der Waals surface area (Å²) in [6.07, 6.45) is 0.719. The van der Waals surface area contributed by atoms with Gasteiger partial charge in [-0.3, -0.25) is 0 Å². The van der Waals surface area contributed by atoms with E-state index in [1.54, 1.807) is 0 Å². The molecule has 0 amide bonds. The van der Waals surface area contributed by atoms with Crippen molar-refractivity contribution in [3.8, 4) is 0 Å². The zero-order valence-corrected chi connectivity index (χ0v) is 11.8. The molecule has 3 nitrogen and oxygen atoms in total. The van der Waals surface area contributed by atoms with Crippen molar-refractivity contribution >= 4 is 11.7 Å². The first-order valence-corrected chi connectivity index (χ1v) is 6.36. The second-order valence-corrected chi connectivity index (χ2v) is 6.04. The van der Waals surface area contributed by atoms with Crippen LogP contribution in [0.1, 0.15) is 37.5 Å². The van der Waals surface area contributed by atoms with Crippen LogP contribution < -0.4 is 5.32 Å². The molecule has 98 valence electrons. The summed E-state index contributed by atoms with van der Waals surface area (Å²) in [5.74, 6) is -0.171. The SMILES string of the molecule is Cc1cc(C)c2c(c1)N[C@@H](C(=O)OC(C)(C)C)C2. The van der Waals surface area contributed by atoms with E-state index in [0.29, 0.717) is 0 Å². The number of carbonyl (C=O) groups is 1. The zero-order chi connectivity index (χ0) is 13.5. The quantitative estimate of drug-likeness (QED) is 0.775. The van der Waals surface area contributed by atoms with E-state index in [-0.39, 0.29) is 12.0 Å². The summed E-state index contributed by atoms with van der Waals surface area (Å²) in [5, 5.41) is 3.26. The van der Waals surface area contributed by atoms with Gasteiger partial charge in [-0.05, 0) is 57.4 Å². The van der Waals surface area contributed by atoms with Crippen LogP contribution in [0.4, 0.5) is 5.69 Å². The lowest BCUT2D eigenvalue weighted by atomic mass is 10.0. The van der Waals surface area contributed by atoms with Gasteiger partial charge in [0.15, 0.2) is 0 Å². The van der Waals surface area contributed by atoms with Crippen LogP contribution in [0.3, 0.4) is 0 Å². The Hall–Kier alpha value is -1.51. The number of anilines is 1. The van der Waals surface area contributed by atoms with Crippen LogP contribution in [-0.2, 0) is 16.0 Å². The van der Waals surface area contributed by atoms with Gasteiger partial charge in [-0.1, -0.05) is 6.07 Å². The molecule has 1 heterocycles. The monoisotopic (exact) mass is 247 g/mol. The molecule has 0 saturated carbocycles. The fourth-order valence-corrected chi connectivity index (χ4v) is 2.36. The average Bonchev–Trinajstić information content (AvgIpc) is 2.58. The van der Waals surface area contributed by atoms with Crippen molar-refractivity contribution in [2.24, 2.45) is 0 Å². The highest BCUT2D eigenvalue weighted by Crippen LogP contribution is 2.30. The van der Waals surface area contributed by atoms with E-state index in [1.165, 1.54) is 16.7 Å². The summed E-state index contributed by atoms with van der Waals surface area (Å²) in [7, 11) is 0. The van der Waals surface area contributed by atoms with E-state index >= 15 is 0 Å². The molecular formula is C15H21NO2. The third-order valence-electron chi connectivity index (χ3n) is 3.05. The fraction of sp³-hybridized carbons (Fsp3) is 0.533. The Morgan fingerprint density at radius 3 is 2.61 bits per heavy atom. The van der Waals surface area contributed by atoms with Gasteiger partial charge in [0.25, 0.3) is 0 Å². The molecule has 1 aliphatic rings. The lowest BCUT2D eigenvalue weighted by molar-refractivity contribution is -0.155. The Morgan fingerprint density at radius 1 is 1.33 bits per heavy atom. The summed E-state index contributed by atoms with van der Waals surface area (Å²) >= 11 is 0. The van der Waals surface area contributed by atoms with E-state index in [2.05, 4.69) is 31.3 Å². The standard InChI is InChI=1S/C15H21NO2/c1-9-6-10(2)11-8-13(16-12(11)7-9)14(17)18-15(3,4)5/h6-7,13,16H,8H2,1-5H3/t13-/m1/s1. The minimum atomic E-state index is -0.432. The first-order chi connectivity index (χ1) is 8.26.